The lowest BCUT2D eigenvalue weighted by atomic mass is 10.1. The number of oxazole rings is 1. The number of alkyl halides is 3. The zero-order chi connectivity index (χ0) is 26.3. The summed E-state index contributed by atoms with van der Waals surface area (Å²) < 4.78 is 43.4. The topological polar surface area (TPSA) is 96.3 Å². The van der Waals surface area contributed by atoms with Gasteiger partial charge in [-0.05, 0) is 62.1 Å². The van der Waals surface area contributed by atoms with Gasteiger partial charge in [-0.1, -0.05) is 30.3 Å². The van der Waals surface area contributed by atoms with E-state index in [4.69, 9.17) is 4.42 Å². The Kier molecular flexibility index (Phi) is 8.60. The summed E-state index contributed by atoms with van der Waals surface area (Å²) in [5, 5.41) is 9.03. The number of hydrogen-bond acceptors (Lipinski definition) is 5. The molecular formula is C27H29F3N4O3. The van der Waals surface area contributed by atoms with Crippen LogP contribution in [0.25, 0.3) is 0 Å². The van der Waals surface area contributed by atoms with Gasteiger partial charge in [0.15, 0.2) is 6.39 Å². The number of carbonyl (C=O) groups is 2. The van der Waals surface area contributed by atoms with Gasteiger partial charge >= 0.3 is 6.18 Å². The number of amides is 2. The summed E-state index contributed by atoms with van der Waals surface area (Å²) in [4.78, 5) is 29.3. The van der Waals surface area contributed by atoms with Crippen LogP contribution in [-0.4, -0.2) is 35.4 Å². The van der Waals surface area contributed by atoms with Crippen molar-refractivity contribution in [2.45, 2.75) is 56.4 Å². The highest BCUT2D eigenvalue weighted by Crippen LogP contribution is 2.41. The maximum Gasteiger partial charge on any atom is 0.416 e. The molecule has 3 unspecified atom stereocenters. The van der Waals surface area contributed by atoms with Gasteiger partial charge in [-0.25, -0.2) is 4.98 Å². The summed E-state index contributed by atoms with van der Waals surface area (Å²) in [5.74, 6) is 0.0916. The fourth-order valence-electron chi connectivity index (χ4n) is 4.20. The summed E-state index contributed by atoms with van der Waals surface area (Å²) in [5.41, 5.74) is 0.734. The molecule has 1 heterocycles. The van der Waals surface area contributed by atoms with Gasteiger partial charge in [0.2, 0.25) is 5.91 Å². The third-order valence-corrected chi connectivity index (χ3v) is 6.36. The SMILES string of the molecule is O=C(NC(CCCCNC1CC1c1ccc(C(F)(F)F)cc1)C(=O)NCc1cnco1)c1ccccc1. The number of halogens is 3. The smallest absolute Gasteiger partial charge is 0.416 e. The fourth-order valence-corrected chi connectivity index (χ4v) is 4.20. The van der Waals surface area contributed by atoms with Crippen LogP contribution in [0.1, 0.15) is 58.8 Å². The van der Waals surface area contributed by atoms with E-state index < -0.39 is 17.8 Å². The van der Waals surface area contributed by atoms with Crippen LogP contribution in [0.4, 0.5) is 13.2 Å². The average molecular weight is 515 g/mol. The first-order valence-electron chi connectivity index (χ1n) is 12.2. The molecule has 0 radical (unpaired) electrons. The molecule has 1 fully saturated rings. The predicted octanol–water partition coefficient (Wildman–Crippen LogP) is 4.42. The minimum Gasteiger partial charge on any atom is -0.447 e. The molecule has 1 aliphatic carbocycles. The molecule has 196 valence electrons. The first-order chi connectivity index (χ1) is 17.8. The maximum absolute atomic E-state index is 12.8. The van der Waals surface area contributed by atoms with Crippen LogP contribution < -0.4 is 16.0 Å². The lowest BCUT2D eigenvalue weighted by Crippen LogP contribution is -2.46. The Hall–Kier alpha value is -3.66. The van der Waals surface area contributed by atoms with Crippen LogP contribution >= 0.6 is 0 Å². The minimum absolute atomic E-state index is 0.172. The Labute approximate surface area is 212 Å². The lowest BCUT2D eigenvalue weighted by Gasteiger charge is -2.18. The van der Waals surface area contributed by atoms with E-state index in [1.807, 2.05) is 6.07 Å². The molecule has 3 atom stereocenters. The second kappa shape index (κ2) is 12.1. The van der Waals surface area contributed by atoms with E-state index in [1.54, 1.807) is 36.4 Å². The number of benzene rings is 2. The van der Waals surface area contributed by atoms with Gasteiger partial charge in [-0.2, -0.15) is 13.2 Å². The minimum atomic E-state index is -4.33. The summed E-state index contributed by atoms with van der Waals surface area (Å²) >= 11 is 0. The Balaban J connectivity index is 1.22. The highest BCUT2D eigenvalue weighted by molar-refractivity contribution is 5.97. The Morgan fingerprint density at radius 2 is 1.81 bits per heavy atom. The van der Waals surface area contributed by atoms with Gasteiger partial charge < -0.3 is 20.4 Å². The van der Waals surface area contributed by atoms with Gasteiger partial charge in [0.05, 0.1) is 18.3 Å². The Morgan fingerprint density at radius 3 is 2.49 bits per heavy atom. The summed E-state index contributed by atoms with van der Waals surface area (Å²) in [6, 6.07) is 13.6. The second-order valence-electron chi connectivity index (χ2n) is 9.10. The Morgan fingerprint density at radius 1 is 1.05 bits per heavy atom. The molecule has 1 aliphatic rings. The van der Waals surface area contributed by atoms with E-state index in [2.05, 4.69) is 20.9 Å². The highest BCUT2D eigenvalue weighted by Gasteiger charge is 2.38. The number of nitrogens with zero attached hydrogens (tertiary/aromatic N) is 1. The van der Waals surface area contributed by atoms with Crippen molar-refractivity contribution in [1.82, 2.24) is 20.9 Å². The fraction of sp³-hybridized carbons (Fsp3) is 0.370. The third kappa shape index (κ3) is 7.66. The largest absolute Gasteiger partial charge is 0.447 e. The summed E-state index contributed by atoms with van der Waals surface area (Å²) in [7, 11) is 0. The number of hydrogen-bond donors (Lipinski definition) is 3. The Bertz CT molecular complexity index is 1150. The molecule has 0 spiro atoms. The lowest BCUT2D eigenvalue weighted by molar-refractivity contribution is -0.137. The predicted molar refractivity (Wildman–Crippen MR) is 130 cm³/mol. The van der Waals surface area contributed by atoms with Crippen molar-refractivity contribution in [3.05, 3.63) is 89.6 Å². The van der Waals surface area contributed by atoms with Crippen LogP contribution in [-0.2, 0) is 17.5 Å². The average Bonchev–Trinajstić information content (AvgIpc) is 3.47. The van der Waals surface area contributed by atoms with E-state index in [-0.39, 0.29) is 30.3 Å². The molecule has 4 rings (SSSR count). The molecule has 3 N–H and O–H groups in total. The number of unbranched alkanes of at least 4 members (excludes halogenated alkanes) is 1. The monoisotopic (exact) mass is 514 g/mol. The van der Waals surface area contributed by atoms with Crippen LogP contribution in [0, 0.1) is 0 Å². The van der Waals surface area contributed by atoms with E-state index in [0.717, 1.165) is 30.5 Å². The molecular weight excluding hydrogens is 485 g/mol. The van der Waals surface area contributed by atoms with Gasteiger partial charge in [0.25, 0.3) is 5.91 Å². The molecule has 2 aromatic carbocycles. The maximum atomic E-state index is 12.8. The molecule has 3 aromatic rings. The zero-order valence-corrected chi connectivity index (χ0v) is 20.1. The van der Waals surface area contributed by atoms with Crippen molar-refractivity contribution in [2.75, 3.05) is 6.54 Å². The molecule has 1 saturated carbocycles. The van der Waals surface area contributed by atoms with E-state index >= 15 is 0 Å². The van der Waals surface area contributed by atoms with Crippen molar-refractivity contribution >= 4 is 11.8 Å². The van der Waals surface area contributed by atoms with E-state index in [1.165, 1.54) is 12.6 Å². The number of aromatic nitrogens is 1. The van der Waals surface area contributed by atoms with Crippen LogP contribution in [0.5, 0.6) is 0 Å². The third-order valence-electron chi connectivity index (χ3n) is 6.36. The first kappa shape index (κ1) is 26.4. The highest BCUT2D eigenvalue weighted by atomic mass is 19.4. The summed E-state index contributed by atoms with van der Waals surface area (Å²) in [6.45, 7) is 0.881. The normalized spacial score (nSPS) is 17.7. The number of carbonyl (C=O) groups excluding carboxylic acids is 2. The quantitative estimate of drug-likeness (QED) is 0.311. The first-order valence-corrected chi connectivity index (χ1v) is 12.2. The number of nitrogens with one attached hydrogen (secondary N) is 3. The molecule has 0 saturated heterocycles. The van der Waals surface area contributed by atoms with Crippen molar-refractivity contribution in [2.24, 2.45) is 0 Å². The second-order valence-corrected chi connectivity index (χ2v) is 9.10. The molecule has 10 heteroatoms. The molecule has 1 aromatic heterocycles. The molecule has 2 amide bonds. The van der Waals surface area contributed by atoms with Gasteiger partial charge in [-0.3, -0.25) is 9.59 Å². The van der Waals surface area contributed by atoms with E-state index in [9.17, 15) is 22.8 Å². The molecule has 37 heavy (non-hydrogen) atoms. The van der Waals surface area contributed by atoms with Crippen LogP contribution in [0.15, 0.2) is 71.6 Å². The van der Waals surface area contributed by atoms with Gasteiger partial charge in [0, 0.05) is 17.5 Å². The molecule has 7 nitrogen and oxygen atoms in total. The van der Waals surface area contributed by atoms with Crippen LogP contribution in [0.2, 0.25) is 0 Å². The summed E-state index contributed by atoms with van der Waals surface area (Å²) in [6.07, 6.45) is 1.28. The van der Waals surface area contributed by atoms with Gasteiger partial charge in [-0.15, -0.1) is 0 Å². The van der Waals surface area contributed by atoms with Crippen molar-refractivity contribution in [3.8, 4) is 0 Å². The van der Waals surface area contributed by atoms with Gasteiger partial charge in [0.1, 0.15) is 11.8 Å². The molecule has 0 bridgehead atoms. The standard InChI is InChI=1S/C27H29F3N4O3/c28-27(29,30)20-11-9-18(10-12-20)22-14-24(22)32-13-5-4-8-23(26(36)33-16-21-15-31-17-37-21)34-25(35)19-6-2-1-3-7-19/h1-3,6-7,9-12,15,17,22-24,32H,4-5,8,13-14,16H2,(H,33,36)(H,34,35). The van der Waals surface area contributed by atoms with Crippen molar-refractivity contribution in [3.63, 3.8) is 0 Å². The zero-order valence-electron chi connectivity index (χ0n) is 20.1. The van der Waals surface area contributed by atoms with Crippen molar-refractivity contribution in [1.29, 1.82) is 0 Å². The van der Waals surface area contributed by atoms with E-state index in [0.29, 0.717) is 30.7 Å². The van der Waals surface area contributed by atoms with Crippen molar-refractivity contribution < 1.29 is 27.2 Å². The number of rotatable bonds is 12. The van der Waals surface area contributed by atoms with Crippen LogP contribution in [0.3, 0.4) is 0 Å². The molecule has 0 aliphatic heterocycles.